The number of nitrogens with one attached hydrogen (secondary N) is 2. The highest BCUT2D eigenvalue weighted by atomic mass is 35.6. The van der Waals surface area contributed by atoms with E-state index in [4.69, 9.17) is 44.3 Å². The number of halogens is 3. The van der Waals surface area contributed by atoms with Crippen LogP contribution < -0.4 is 10.6 Å². The summed E-state index contributed by atoms with van der Waals surface area (Å²) >= 11 is 17.4. The van der Waals surface area contributed by atoms with Crippen molar-refractivity contribution in [2.45, 2.75) is 82.3 Å². The summed E-state index contributed by atoms with van der Waals surface area (Å²) in [6.07, 6.45) is 0.166. The lowest BCUT2D eigenvalue weighted by Crippen LogP contribution is -2.55. The lowest BCUT2D eigenvalue weighted by Gasteiger charge is -2.29. The molecule has 0 aromatic rings. The van der Waals surface area contributed by atoms with Gasteiger partial charge in [0.1, 0.15) is 17.7 Å². The van der Waals surface area contributed by atoms with Gasteiger partial charge in [0.25, 0.3) is 0 Å². The summed E-state index contributed by atoms with van der Waals surface area (Å²) in [7, 11) is 1.25. The topological polar surface area (TPSA) is 93.7 Å². The van der Waals surface area contributed by atoms with Crippen LogP contribution in [0, 0.1) is 11.8 Å². The molecule has 0 saturated carbocycles. The zero-order valence-corrected chi connectivity index (χ0v) is 20.4. The SMILES string of the molecule is COC(=O)C(CC(C)C)NC(=O)C(NC(=O)OC(C)(C)C)C(C)CCC(Cl)(Cl)Cl. The maximum absolute atomic E-state index is 12.9. The molecule has 0 bridgehead atoms. The van der Waals surface area contributed by atoms with E-state index in [2.05, 4.69) is 10.6 Å². The van der Waals surface area contributed by atoms with E-state index in [1.54, 1.807) is 27.7 Å². The van der Waals surface area contributed by atoms with Crippen LogP contribution in [0.25, 0.3) is 0 Å². The highest BCUT2D eigenvalue weighted by molar-refractivity contribution is 6.67. The van der Waals surface area contributed by atoms with Gasteiger partial charge in [-0.1, -0.05) is 55.6 Å². The summed E-state index contributed by atoms with van der Waals surface area (Å²) in [6.45, 7) is 10.7. The second-order valence-corrected chi connectivity index (χ2v) is 11.0. The zero-order valence-electron chi connectivity index (χ0n) is 18.1. The summed E-state index contributed by atoms with van der Waals surface area (Å²) in [4.78, 5) is 37.2. The smallest absolute Gasteiger partial charge is 0.408 e. The fourth-order valence-corrected chi connectivity index (χ4v) is 2.88. The number of amides is 2. The molecule has 2 amide bonds. The molecular formula is C19H33Cl3N2O5. The third-order valence-electron chi connectivity index (χ3n) is 3.92. The summed E-state index contributed by atoms with van der Waals surface area (Å²) in [5.41, 5.74) is -0.738. The van der Waals surface area contributed by atoms with Crippen molar-refractivity contribution in [1.82, 2.24) is 10.6 Å². The molecule has 3 unspecified atom stereocenters. The third kappa shape index (κ3) is 13.1. The van der Waals surface area contributed by atoms with Crippen LogP contribution >= 0.6 is 34.8 Å². The van der Waals surface area contributed by atoms with Crippen LogP contribution in [0.2, 0.25) is 0 Å². The van der Waals surface area contributed by atoms with E-state index < -0.39 is 45.4 Å². The number of rotatable bonds is 9. The third-order valence-corrected chi connectivity index (χ3v) is 4.48. The fraction of sp³-hybridized carbons (Fsp3) is 0.842. The molecule has 0 aromatic heterocycles. The first-order valence-electron chi connectivity index (χ1n) is 9.50. The second-order valence-electron chi connectivity index (χ2n) is 8.47. The Morgan fingerprint density at radius 1 is 1.00 bits per heavy atom. The Hall–Kier alpha value is -0.920. The van der Waals surface area contributed by atoms with E-state index in [-0.39, 0.29) is 12.3 Å². The molecule has 0 aliphatic heterocycles. The quantitative estimate of drug-likeness (QED) is 0.381. The summed E-state index contributed by atoms with van der Waals surface area (Å²) in [5, 5.41) is 5.23. The van der Waals surface area contributed by atoms with Crippen molar-refractivity contribution in [2.24, 2.45) is 11.8 Å². The zero-order chi connectivity index (χ0) is 23.0. The number of alkyl halides is 3. The van der Waals surface area contributed by atoms with E-state index in [0.717, 1.165) is 0 Å². The molecule has 0 aliphatic carbocycles. The number of hydrogen-bond donors (Lipinski definition) is 2. The van der Waals surface area contributed by atoms with Crippen molar-refractivity contribution in [3.8, 4) is 0 Å². The molecule has 0 aromatic carbocycles. The Morgan fingerprint density at radius 3 is 1.97 bits per heavy atom. The van der Waals surface area contributed by atoms with Gasteiger partial charge < -0.3 is 20.1 Å². The van der Waals surface area contributed by atoms with Crippen molar-refractivity contribution < 1.29 is 23.9 Å². The van der Waals surface area contributed by atoms with Crippen molar-refractivity contribution in [1.29, 1.82) is 0 Å². The van der Waals surface area contributed by atoms with Gasteiger partial charge in [0, 0.05) is 0 Å². The summed E-state index contributed by atoms with van der Waals surface area (Å²) in [6, 6.07) is -1.83. The number of carbonyl (C=O) groups excluding carboxylic acids is 3. The number of esters is 1. The van der Waals surface area contributed by atoms with Gasteiger partial charge in [-0.05, 0) is 51.9 Å². The average Bonchev–Trinajstić information content (AvgIpc) is 2.53. The Balaban J connectivity index is 5.43. The van der Waals surface area contributed by atoms with Crippen molar-refractivity contribution in [3.05, 3.63) is 0 Å². The Morgan fingerprint density at radius 2 is 1.55 bits per heavy atom. The van der Waals surface area contributed by atoms with Crippen molar-refractivity contribution in [2.75, 3.05) is 7.11 Å². The van der Waals surface area contributed by atoms with Crippen LogP contribution in [0.5, 0.6) is 0 Å². The van der Waals surface area contributed by atoms with Gasteiger partial charge in [-0.15, -0.1) is 0 Å². The first-order chi connectivity index (χ1) is 13.1. The molecule has 10 heteroatoms. The molecule has 0 saturated heterocycles. The van der Waals surface area contributed by atoms with Crippen LogP contribution in [-0.2, 0) is 19.1 Å². The normalized spacial score (nSPS) is 15.3. The molecule has 170 valence electrons. The van der Waals surface area contributed by atoms with Crippen molar-refractivity contribution in [3.63, 3.8) is 0 Å². The maximum atomic E-state index is 12.9. The number of carbonyl (C=O) groups is 3. The van der Waals surface area contributed by atoms with Crippen LogP contribution in [0.15, 0.2) is 0 Å². The molecule has 0 fully saturated rings. The molecular weight excluding hydrogens is 443 g/mol. The Kier molecular flexibility index (Phi) is 11.7. The predicted molar refractivity (Wildman–Crippen MR) is 115 cm³/mol. The Labute approximate surface area is 188 Å². The highest BCUT2D eigenvalue weighted by Gasteiger charge is 2.33. The van der Waals surface area contributed by atoms with E-state index >= 15 is 0 Å². The molecule has 0 rings (SSSR count). The molecule has 29 heavy (non-hydrogen) atoms. The highest BCUT2D eigenvalue weighted by Crippen LogP contribution is 2.33. The van der Waals surface area contributed by atoms with E-state index in [0.29, 0.717) is 12.8 Å². The van der Waals surface area contributed by atoms with E-state index in [9.17, 15) is 14.4 Å². The second kappa shape index (κ2) is 12.1. The van der Waals surface area contributed by atoms with E-state index in [1.807, 2.05) is 13.8 Å². The maximum Gasteiger partial charge on any atom is 0.408 e. The number of hydrogen-bond acceptors (Lipinski definition) is 5. The van der Waals surface area contributed by atoms with Gasteiger partial charge >= 0.3 is 12.1 Å². The lowest BCUT2D eigenvalue weighted by molar-refractivity contribution is -0.146. The largest absolute Gasteiger partial charge is 0.467 e. The monoisotopic (exact) mass is 474 g/mol. The van der Waals surface area contributed by atoms with Gasteiger partial charge in [0.05, 0.1) is 7.11 Å². The lowest BCUT2D eigenvalue weighted by atomic mass is 9.95. The van der Waals surface area contributed by atoms with E-state index in [1.165, 1.54) is 7.11 Å². The molecule has 0 heterocycles. The number of ether oxygens (including phenoxy) is 2. The minimum atomic E-state index is -1.48. The molecule has 0 aliphatic rings. The van der Waals surface area contributed by atoms with Crippen LogP contribution in [-0.4, -0.2) is 46.6 Å². The van der Waals surface area contributed by atoms with Gasteiger partial charge in [0.15, 0.2) is 3.79 Å². The molecule has 2 N–H and O–H groups in total. The van der Waals surface area contributed by atoms with Gasteiger partial charge in [0.2, 0.25) is 5.91 Å². The fourth-order valence-electron chi connectivity index (χ4n) is 2.55. The summed E-state index contributed by atoms with van der Waals surface area (Å²) in [5.74, 6) is -1.35. The Bertz CT molecular complexity index is 559. The predicted octanol–water partition coefficient (Wildman–Crippen LogP) is 4.37. The molecule has 7 nitrogen and oxygen atoms in total. The van der Waals surface area contributed by atoms with Gasteiger partial charge in [-0.25, -0.2) is 9.59 Å². The molecule has 0 spiro atoms. The van der Waals surface area contributed by atoms with Crippen molar-refractivity contribution >= 4 is 52.8 Å². The van der Waals surface area contributed by atoms with Gasteiger partial charge in [-0.3, -0.25) is 4.79 Å². The van der Waals surface area contributed by atoms with Crippen LogP contribution in [0.4, 0.5) is 4.79 Å². The summed E-state index contributed by atoms with van der Waals surface area (Å²) < 4.78 is 8.55. The average molecular weight is 476 g/mol. The first kappa shape index (κ1) is 28.1. The standard InChI is InChI=1S/C19H33Cl3N2O5/c1-11(2)10-13(16(26)28-7)23-15(25)14(12(3)8-9-19(20,21)22)24-17(27)29-18(4,5)6/h11-14H,8-10H2,1-7H3,(H,23,25)(H,24,27). The first-order valence-corrected chi connectivity index (χ1v) is 10.6. The number of alkyl carbamates (subject to hydrolysis) is 1. The molecule has 0 radical (unpaired) electrons. The minimum Gasteiger partial charge on any atom is -0.467 e. The van der Waals surface area contributed by atoms with Crippen LogP contribution in [0.1, 0.15) is 60.8 Å². The minimum absolute atomic E-state index is 0.137. The van der Waals surface area contributed by atoms with Gasteiger partial charge in [-0.2, -0.15) is 0 Å². The molecule has 3 atom stereocenters. The number of methoxy groups -OCH3 is 1. The van der Waals surface area contributed by atoms with Crippen LogP contribution in [0.3, 0.4) is 0 Å².